The molecule has 1 aromatic heterocycles. The molecule has 2 saturated heterocycles. The van der Waals surface area contributed by atoms with Gasteiger partial charge in [-0.2, -0.15) is 0 Å². The van der Waals surface area contributed by atoms with Gasteiger partial charge in [0, 0.05) is 56.0 Å². The molecule has 0 unspecified atom stereocenters. The SMILES string of the molecule is O=C(Nc1cccc(Cl)c1)N1CCN(c2cc(N3CCCC3)ncn2)CC1. The minimum absolute atomic E-state index is 0.0997. The largest absolute Gasteiger partial charge is 0.356 e. The van der Waals surface area contributed by atoms with Crippen LogP contribution in [-0.4, -0.2) is 60.2 Å². The normalized spacial score (nSPS) is 17.3. The van der Waals surface area contributed by atoms with E-state index in [0.717, 1.165) is 37.8 Å². The van der Waals surface area contributed by atoms with Crippen LogP contribution in [0.2, 0.25) is 5.02 Å². The van der Waals surface area contributed by atoms with Gasteiger partial charge in [-0.1, -0.05) is 17.7 Å². The van der Waals surface area contributed by atoms with E-state index in [2.05, 4.69) is 31.2 Å². The molecular weight excluding hydrogens is 364 g/mol. The lowest BCUT2D eigenvalue weighted by Gasteiger charge is -2.35. The van der Waals surface area contributed by atoms with E-state index < -0.39 is 0 Å². The van der Waals surface area contributed by atoms with Crippen LogP contribution in [0.1, 0.15) is 12.8 Å². The van der Waals surface area contributed by atoms with Crippen molar-refractivity contribution in [3.63, 3.8) is 0 Å². The highest BCUT2D eigenvalue weighted by atomic mass is 35.5. The van der Waals surface area contributed by atoms with Crippen LogP contribution < -0.4 is 15.1 Å². The van der Waals surface area contributed by atoms with Crippen LogP contribution in [0.25, 0.3) is 0 Å². The van der Waals surface area contributed by atoms with Crippen LogP contribution in [0.3, 0.4) is 0 Å². The topological polar surface area (TPSA) is 64.6 Å². The zero-order valence-electron chi connectivity index (χ0n) is 15.1. The second kappa shape index (κ2) is 8.00. The number of benzene rings is 1. The Bertz CT molecular complexity index is 802. The van der Waals surface area contributed by atoms with Crippen LogP contribution >= 0.6 is 11.6 Å². The predicted octanol–water partition coefficient (Wildman–Crippen LogP) is 3.08. The van der Waals surface area contributed by atoms with Crippen molar-refractivity contribution in [3.05, 3.63) is 41.7 Å². The van der Waals surface area contributed by atoms with Gasteiger partial charge < -0.3 is 20.0 Å². The van der Waals surface area contributed by atoms with Gasteiger partial charge >= 0.3 is 6.03 Å². The first-order chi connectivity index (χ1) is 13.2. The fraction of sp³-hybridized carbons (Fsp3) is 0.421. The van der Waals surface area contributed by atoms with Gasteiger partial charge in [-0.3, -0.25) is 0 Å². The van der Waals surface area contributed by atoms with Gasteiger partial charge in [0.1, 0.15) is 18.0 Å². The standard InChI is InChI=1S/C19H23ClN6O/c20-15-4-3-5-16(12-15)23-19(27)26-10-8-25(9-11-26)18-13-17(21-14-22-18)24-6-1-2-7-24/h3-5,12-14H,1-2,6-11H2,(H,23,27). The summed E-state index contributed by atoms with van der Waals surface area (Å²) in [6.45, 7) is 4.92. The number of piperazine rings is 1. The number of aromatic nitrogens is 2. The average Bonchev–Trinajstić information content (AvgIpc) is 3.23. The molecule has 2 amide bonds. The zero-order chi connectivity index (χ0) is 18.6. The zero-order valence-corrected chi connectivity index (χ0v) is 15.9. The number of hydrogen-bond donors (Lipinski definition) is 1. The minimum atomic E-state index is -0.0997. The van der Waals surface area contributed by atoms with Crippen LogP contribution in [0.4, 0.5) is 22.1 Å². The Hall–Kier alpha value is -2.54. The Balaban J connectivity index is 1.34. The molecule has 2 aliphatic heterocycles. The second-order valence-electron chi connectivity index (χ2n) is 6.84. The van der Waals surface area contributed by atoms with Crippen molar-refractivity contribution >= 4 is 35.0 Å². The molecule has 0 saturated carbocycles. The fourth-order valence-electron chi connectivity index (χ4n) is 3.54. The molecule has 0 bridgehead atoms. The number of rotatable bonds is 3. The molecule has 0 aliphatic carbocycles. The molecule has 0 radical (unpaired) electrons. The summed E-state index contributed by atoms with van der Waals surface area (Å²) < 4.78 is 0. The third kappa shape index (κ3) is 4.24. The number of amides is 2. The first-order valence-corrected chi connectivity index (χ1v) is 9.70. The highest BCUT2D eigenvalue weighted by Crippen LogP contribution is 2.22. The lowest BCUT2D eigenvalue weighted by atomic mass is 10.3. The van der Waals surface area contributed by atoms with Crippen molar-refractivity contribution in [3.8, 4) is 0 Å². The summed E-state index contributed by atoms with van der Waals surface area (Å²) >= 11 is 5.97. The molecular formula is C19H23ClN6O. The summed E-state index contributed by atoms with van der Waals surface area (Å²) in [7, 11) is 0. The molecule has 27 heavy (non-hydrogen) atoms. The highest BCUT2D eigenvalue weighted by molar-refractivity contribution is 6.30. The number of anilines is 3. The van der Waals surface area contributed by atoms with E-state index in [0.29, 0.717) is 23.8 Å². The first-order valence-electron chi connectivity index (χ1n) is 9.32. The molecule has 142 valence electrons. The second-order valence-corrected chi connectivity index (χ2v) is 7.28. The van der Waals surface area contributed by atoms with Gasteiger partial charge in [0.15, 0.2) is 0 Å². The number of hydrogen-bond acceptors (Lipinski definition) is 5. The lowest BCUT2D eigenvalue weighted by molar-refractivity contribution is 0.208. The molecule has 2 fully saturated rings. The summed E-state index contributed by atoms with van der Waals surface area (Å²) in [6.07, 6.45) is 4.08. The Morgan fingerprint density at radius 3 is 2.26 bits per heavy atom. The van der Waals surface area contributed by atoms with E-state index in [1.54, 1.807) is 18.5 Å². The summed E-state index contributed by atoms with van der Waals surface area (Å²) in [6, 6.07) is 9.15. The maximum atomic E-state index is 12.5. The molecule has 4 rings (SSSR count). The van der Waals surface area contributed by atoms with E-state index in [4.69, 9.17) is 11.6 Å². The van der Waals surface area contributed by atoms with Gasteiger partial charge in [-0.25, -0.2) is 14.8 Å². The van der Waals surface area contributed by atoms with Gasteiger partial charge in [0.2, 0.25) is 0 Å². The summed E-state index contributed by atoms with van der Waals surface area (Å²) in [4.78, 5) is 27.7. The molecule has 1 N–H and O–H groups in total. The minimum Gasteiger partial charge on any atom is -0.356 e. The van der Waals surface area contributed by atoms with E-state index >= 15 is 0 Å². The van der Waals surface area contributed by atoms with Crippen LogP contribution in [0.5, 0.6) is 0 Å². The lowest BCUT2D eigenvalue weighted by Crippen LogP contribution is -2.50. The molecule has 2 aromatic rings. The van der Waals surface area contributed by atoms with Crippen molar-refractivity contribution < 1.29 is 4.79 Å². The number of urea groups is 1. The van der Waals surface area contributed by atoms with E-state index in [1.165, 1.54) is 12.8 Å². The van der Waals surface area contributed by atoms with Crippen molar-refractivity contribution in [2.45, 2.75) is 12.8 Å². The predicted molar refractivity (Wildman–Crippen MR) is 108 cm³/mol. The molecule has 0 atom stereocenters. The van der Waals surface area contributed by atoms with Crippen molar-refractivity contribution in [2.24, 2.45) is 0 Å². The van der Waals surface area contributed by atoms with Crippen LogP contribution in [-0.2, 0) is 0 Å². The molecule has 2 aliphatic rings. The molecule has 1 aromatic carbocycles. The summed E-state index contributed by atoms with van der Waals surface area (Å²) in [5.74, 6) is 1.93. The van der Waals surface area contributed by atoms with Crippen molar-refractivity contribution in [1.29, 1.82) is 0 Å². The van der Waals surface area contributed by atoms with E-state index in [9.17, 15) is 4.79 Å². The van der Waals surface area contributed by atoms with E-state index in [1.807, 2.05) is 17.0 Å². The van der Waals surface area contributed by atoms with Crippen molar-refractivity contribution in [1.82, 2.24) is 14.9 Å². The fourth-order valence-corrected chi connectivity index (χ4v) is 3.73. The number of halogens is 1. The Kier molecular flexibility index (Phi) is 5.29. The third-order valence-corrected chi connectivity index (χ3v) is 5.27. The van der Waals surface area contributed by atoms with Crippen LogP contribution in [0.15, 0.2) is 36.7 Å². The third-order valence-electron chi connectivity index (χ3n) is 5.04. The Labute approximate surface area is 163 Å². The summed E-state index contributed by atoms with van der Waals surface area (Å²) in [5, 5.41) is 3.51. The number of nitrogens with one attached hydrogen (secondary N) is 1. The number of carbonyl (C=O) groups excluding carboxylic acids is 1. The maximum Gasteiger partial charge on any atom is 0.321 e. The Morgan fingerprint density at radius 1 is 0.926 bits per heavy atom. The van der Waals surface area contributed by atoms with Crippen LogP contribution in [0, 0.1) is 0 Å². The maximum absolute atomic E-state index is 12.5. The monoisotopic (exact) mass is 386 g/mol. The smallest absolute Gasteiger partial charge is 0.321 e. The number of nitrogens with zero attached hydrogens (tertiary/aromatic N) is 5. The van der Waals surface area contributed by atoms with Gasteiger partial charge in [-0.05, 0) is 31.0 Å². The van der Waals surface area contributed by atoms with Gasteiger partial charge in [-0.15, -0.1) is 0 Å². The van der Waals surface area contributed by atoms with E-state index in [-0.39, 0.29) is 6.03 Å². The Morgan fingerprint density at radius 2 is 1.59 bits per heavy atom. The quantitative estimate of drug-likeness (QED) is 0.878. The van der Waals surface area contributed by atoms with Crippen molar-refractivity contribution in [2.75, 3.05) is 54.4 Å². The highest BCUT2D eigenvalue weighted by Gasteiger charge is 2.23. The molecule has 0 spiro atoms. The van der Waals surface area contributed by atoms with Gasteiger partial charge in [0.05, 0.1) is 0 Å². The molecule has 8 heteroatoms. The number of carbonyl (C=O) groups is 1. The summed E-state index contributed by atoms with van der Waals surface area (Å²) in [5.41, 5.74) is 0.709. The molecule has 3 heterocycles. The first kappa shape index (κ1) is 17.9. The average molecular weight is 387 g/mol. The van der Waals surface area contributed by atoms with Gasteiger partial charge in [0.25, 0.3) is 0 Å². The molecule has 7 nitrogen and oxygen atoms in total.